The molecule has 1 N–H and O–H groups in total. The SMILES string of the molecule is COCCN1C(=O)C(=O)/C(=C(/O)c2ccc(S(=O)(=O)N(C)C)cc2)C1c1ccc(OC)cc1. The van der Waals surface area contributed by atoms with Gasteiger partial charge in [0.25, 0.3) is 11.7 Å². The van der Waals surface area contributed by atoms with Crippen LogP contribution in [0.25, 0.3) is 5.76 Å². The summed E-state index contributed by atoms with van der Waals surface area (Å²) in [6.45, 7) is 0.353. The maximum absolute atomic E-state index is 12.9. The number of aliphatic hydroxyl groups is 1. The number of rotatable bonds is 8. The van der Waals surface area contributed by atoms with Gasteiger partial charge < -0.3 is 19.5 Å². The first-order valence-electron chi connectivity index (χ1n) is 10.1. The van der Waals surface area contributed by atoms with Crippen molar-refractivity contribution >= 4 is 27.5 Å². The van der Waals surface area contributed by atoms with Gasteiger partial charge in [0.1, 0.15) is 11.5 Å². The number of methoxy groups -OCH3 is 2. The van der Waals surface area contributed by atoms with E-state index in [1.165, 1.54) is 57.5 Å². The molecule has 0 aromatic heterocycles. The van der Waals surface area contributed by atoms with Gasteiger partial charge in [0, 0.05) is 33.3 Å². The fourth-order valence-electron chi connectivity index (χ4n) is 3.58. The molecule has 0 aliphatic carbocycles. The predicted octanol–water partition coefficient (Wildman–Crippen LogP) is 2.01. The molecule has 3 rings (SSSR count). The number of ketones is 1. The van der Waals surface area contributed by atoms with Gasteiger partial charge in [-0.15, -0.1) is 0 Å². The number of nitrogens with zero attached hydrogens (tertiary/aromatic N) is 2. The van der Waals surface area contributed by atoms with Crippen molar-refractivity contribution in [2.75, 3.05) is 41.5 Å². The summed E-state index contributed by atoms with van der Waals surface area (Å²) in [5.74, 6) is -1.36. The molecule has 33 heavy (non-hydrogen) atoms. The third-order valence-electron chi connectivity index (χ3n) is 5.41. The molecule has 1 amide bonds. The van der Waals surface area contributed by atoms with E-state index >= 15 is 0 Å². The highest BCUT2D eigenvalue weighted by Crippen LogP contribution is 2.39. The summed E-state index contributed by atoms with van der Waals surface area (Å²) in [4.78, 5) is 27.1. The average Bonchev–Trinajstić information content (AvgIpc) is 3.07. The van der Waals surface area contributed by atoms with Gasteiger partial charge in [-0.1, -0.05) is 12.1 Å². The number of ether oxygens (including phenoxy) is 2. The normalized spacial score (nSPS) is 18.2. The molecule has 1 aliphatic heterocycles. The number of sulfonamides is 1. The molecule has 9 nitrogen and oxygen atoms in total. The van der Waals surface area contributed by atoms with Crippen molar-refractivity contribution in [3.05, 3.63) is 65.2 Å². The molecule has 0 spiro atoms. The van der Waals surface area contributed by atoms with Crippen molar-refractivity contribution in [3.63, 3.8) is 0 Å². The first-order chi connectivity index (χ1) is 15.6. The van der Waals surface area contributed by atoms with Crippen LogP contribution in [0.1, 0.15) is 17.2 Å². The Morgan fingerprint density at radius 2 is 1.64 bits per heavy atom. The van der Waals surface area contributed by atoms with Gasteiger partial charge in [0.2, 0.25) is 10.0 Å². The third-order valence-corrected chi connectivity index (χ3v) is 7.24. The van der Waals surface area contributed by atoms with Crippen LogP contribution in [0, 0.1) is 0 Å². The van der Waals surface area contributed by atoms with Crippen LogP contribution in [0.3, 0.4) is 0 Å². The zero-order chi connectivity index (χ0) is 24.3. The molecule has 1 aliphatic rings. The van der Waals surface area contributed by atoms with Crippen molar-refractivity contribution in [1.29, 1.82) is 0 Å². The number of likely N-dealkylation sites (tertiary alicyclic amines) is 1. The van der Waals surface area contributed by atoms with E-state index in [2.05, 4.69) is 0 Å². The number of benzene rings is 2. The molecule has 176 valence electrons. The van der Waals surface area contributed by atoms with Crippen molar-refractivity contribution in [1.82, 2.24) is 9.21 Å². The molecule has 0 saturated carbocycles. The standard InChI is InChI=1S/C23H26N2O7S/c1-24(2)33(29,30)18-11-7-16(8-12-18)21(26)19-20(15-5-9-17(32-4)10-6-15)25(13-14-31-3)23(28)22(19)27/h5-12,20,26H,13-14H2,1-4H3/b21-19+. The lowest BCUT2D eigenvalue weighted by molar-refractivity contribution is -0.140. The molecule has 0 radical (unpaired) electrons. The van der Waals surface area contributed by atoms with E-state index in [1.807, 2.05) is 0 Å². The highest BCUT2D eigenvalue weighted by molar-refractivity contribution is 7.89. The van der Waals surface area contributed by atoms with Crippen LogP contribution in [0.5, 0.6) is 5.75 Å². The molecule has 1 saturated heterocycles. The van der Waals surface area contributed by atoms with Crippen LogP contribution in [0.4, 0.5) is 0 Å². The maximum Gasteiger partial charge on any atom is 0.295 e. The van der Waals surface area contributed by atoms with E-state index in [0.29, 0.717) is 11.3 Å². The Bertz CT molecular complexity index is 1170. The van der Waals surface area contributed by atoms with Crippen LogP contribution >= 0.6 is 0 Å². The number of hydrogen-bond donors (Lipinski definition) is 1. The monoisotopic (exact) mass is 474 g/mol. The Kier molecular flexibility index (Phi) is 7.21. The van der Waals surface area contributed by atoms with Gasteiger partial charge in [-0.2, -0.15) is 0 Å². The molecule has 1 heterocycles. The molecule has 1 fully saturated rings. The third kappa shape index (κ3) is 4.63. The highest BCUT2D eigenvalue weighted by atomic mass is 32.2. The van der Waals surface area contributed by atoms with Crippen LogP contribution in [0.2, 0.25) is 0 Å². The number of carbonyl (C=O) groups excluding carboxylic acids is 2. The molecule has 1 unspecified atom stereocenters. The first-order valence-corrected chi connectivity index (χ1v) is 11.5. The molecule has 2 aromatic rings. The summed E-state index contributed by atoms with van der Waals surface area (Å²) in [6, 6.07) is 11.5. The summed E-state index contributed by atoms with van der Waals surface area (Å²) >= 11 is 0. The summed E-state index contributed by atoms with van der Waals surface area (Å²) in [5, 5.41) is 11.1. The number of Topliss-reactive ketones (excluding diaryl/α,β-unsaturated/α-hetero) is 1. The second-order valence-electron chi connectivity index (χ2n) is 7.57. The van der Waals surface area contributed by atoms with Gasteiger partial charge in [-0.3, -0.25) is 9.59 Å². The Morgan fingerprint density at radius 1 is 1.03 bits per heavy atom. The summed E-state index contributed by atoms with van der Waals surface area (Å²) in [5.41, 5.74) is 0.750. The zero-order valence-corrected chi connectivity index (χ0v) is 19.6. The lowest BCUT2D eigenvalue weighted by atomic mass is 9.95. The van der Waals surface area contributed by atoms with Gasteiger partial charge in [-0.05, 0) is 42.0 Å². The fourth-order valence-corrected chi connectivity index (χ4v) is 4.49. The summed E-state index contributed by atoms with van der Waals surface area (Å²) in [7, 11) is 2.19. The Hall–Kier alpha value is -3.21. The number of amides is 1. The van der Waals surface area contributed by atoms with Crippen LogP contribution in [0.15, 0.2) is 59.0 Å². The molecular weight excluding hydrogens is 448 g/mol. The van der Waals surface area contributed by atoms with Crippen LogP contribution in [-0.4, -0.2) is 75.9 Å². The zero-order valence-electron chi connectivity index (χ0n) is 18.8. The van der Waals surface area contributed by atoms with E-state index in [4.69, 9.17) is 9.47 Å². The van der Waals surface area contributed by atoms with E-state index in [0.717, 1.165) is 4.31 Å². The fraction of sp³-hybridized carbons (Fsp3) is 0.304. The number of aliphatic hydroxyl groups excluding tert-OH is 1. The lowest BCUT2D eigenvalue weighted by Crippen LogP contribution is -2.32. The molecular formula is C23H26N2O7S. The average molecular weight is 475 g/mol. The van der Waals surface area contributed by atoms with Crippen molar-refractivity contribution in [2.45, 2.75) is 10.9 Å². The molecule has 1 atom stereocenters. The highest BCUT2D eigenvalue weighted by Gasteiger charge is 2.45. The van der Waals surface area contributed by atoms with Gasteiger partial charge in [-0.25, -0.2) is 12.7 Å². The smallest absolute Gasteiger partial charge is 0.295 e. The molecule has 0 bridgehead atoms. The van der Waals surface area contributed by atoms with E-state index in [9.17, 15) is 23.1 Å². The largest absolute Gasteiger partial charge is 0.507 e. The van der Waals surface area contributed by atoms with Gasteiger partial charge >= 0.3 is 0 Å². The number of carbonyl (C=O) groups is 2. The second kappa shape index (κ2) is 9.74. The maximum atomic E-state index is 12.9. The Balaban J connectivity index is 2.11. The number of hydrogen-bond acceptors (Lipinski definition) is 7. The topological polar surface area (TPSA) is 113 Å². The van der Waals surface area contributed by atoms with E-state index < -0.39 is 27.8 Å². The van der Waals surface area contributed by atoms with Crippen LogP contribution < -0.4 is 4.74 Å². The van der Waals surface area contributed by atoms with Gasteiger partial charge in [0.15, 0.2) is 0 Å². The van der Waals surface area contributed by atoms with Crippen LogP contribution in [-0.2, 0) is 24.3 Å². The van der Waals surface area contributed by atoms with Gasteiger partial charge in [0.05, 0.1) is 30.2 Å². The summed E-state index contributed by atoms with van der Waals surface area (Å²) < 4.78 is 36.0. The van der Waals surface area contributed by atoms with E-state index in [-0.39, 0.29) is 34.9 Å². The quantitative estimate of drug-likeness (QED) is 0.354. The second-order valence-corrected chi connectivity index (χ2v) is 9.72. The molecule has 10 heteroatoms. The van der Waals surface area contributed by atoms with Crippen molar-refractivity contribution < 1.29 is 32.6 Å². The summed E-state index contributed by atoms with van der Waals surface area (Å²) in [6.07, 6.45) is 0. The predicted molar refractivity (Wildman–Crippen MR) is 121 cm³/mol. The van der Waals surface area contributed by atoms with Crippen molar-refractivity contribution in [3.8, 4) is 5.75 Å². The van der Waals surface area contributed by atoms with E-state index in [1.54, 1.807) is 24.3 Å². The minimum atomic E-state index is -3.66. The minimum absolute atomic E-state index is 0.0382. The first kappa shape index (κ1) is 24.4. The lowest BCUT2D eigenvalue weighted by Gasteiger charge is -2.25. The Labute approximate surface area is 192 Å². The van der Waals surface area contributed by atoms with Crippen molar-refractivity contribution in [2.24, 2.45) is 0 Å². The minimum Gasteiger partial charge on any atom is -0.507 e. The molecule has 2 aromatic carbocycles. The Morgan fingerprint density at radius 3 is 2.15 bits per heavy atom.